The van der Waals surface area contributed by atoms with Crippen LogP contribution >= 0.6 is 11.3 Å². The van der Waals surface area contributed by atoms with Gasteiger partial charge in [-0.2, -0.15) is 0 Å². The molecule has 1 heterocycles. The van der Waals surface area contributed by atoms with Gasteiger partial charge in [-0.1, -0.05) is 5.92 Å². The summed E-state index contributed by atoms with van der Waals surface area (Å²) in [6.45, 7) is 0. The van der Waals surface area contributed by atoms with E-state index in [4.69, 9.17) is 6.42 Å². The summed E-state index contributed by atoms with van der Waals surface area (Å²) in [6, 6.07) is -0.0359. The van der Waals surface area contributed by atoms with Gasteiger partial charge >= 0.3 is 0 Å². The Labute approximate surface area is 64.3 Å². The van der Waals surface area contributed by atoms with Crippen molar-refractivity contribution in [3.63, 3.8) is 0 Å². The second kappa shape index (κ2) is 3.35. The van der Waals surface area contributed by atoms with E-state index in [1.54, 1.807) is 16.8 Å². The van der Waals surface area contributed by atoms with Crippen molar-refractivity contribution in [3.8, 4) is 12.3 Å². The summed E-state index contributed by atoms with van der Waals surface area (Å²) in [7, 11) is 1.82. The second-order valence-corrected chi connectivity index (χ2v) is 2.52. The van der Waals surface area contributed by atoms with Gasteiger partial charge in [0.15, 0.2) is 0 Å². The van der Waals surface area contributed by atoms with Gasteiger partial charge in [-0.05, 0) is 7.05 Å². The Kier molecular flexibility index (Phi) is 2.43. The normalized spacial score (nSPS) is 12.4. The molecular weight excluding hydrogens is 144 g/mol. The average Bonchev–Trinajstić information content (AvgIpc) is 2.43. The molecule has 2 nitrogen and oxygen atoms in total. The van der Waals surface area contributed by atoms with Gasteiger partial charge in [0.2, 0.25) is 0 Å². The number of nitrogens with zero attached hydrogens (tertiary/aromatic N) is 1. The molecule has 0 aromatic carbocycles. The van der Waals surface area contributed by atoms with Crippen LogP contribution in [0.3, 0.4) is 0 Å². The Morgan fingerprint density at radius 2 is 2.70 bits per heavy atom. The quantitative estimate of drug-likeness (QED) is 0.640. The fourth-order valence-corrected chi connectivity index (χ4v) is 1.26. The van der Waals surface area contributed by atoms with Gasteiger partial charge in [-0.15, -0.1) is 17.8 Å². The molecule has 0 fully saturated rings. The van der Waals surface area contributed by atoms with Crippen molar-refractivity contribution in [2.45, 2.75) is 6.04 Å². The molecule has 0 aliphatic rings. The van der Waals surface area contributed by atoms with E-state index in [-0.39, 0.29) is 6.04 Å². The topological polar surface area (TPSA) is 24.9 Å². The highest BCUT2D eigenvalue weighted by atomic mass is 32.1. The molecule has 52 valence electrons. The average molecular weight is 152 g/mol. The van der Waals surface area contributed by atoms with Crippen molar-refractivity contribution >= 4 is 11.3 Å². The third-order valence-corrected chi connectivity index (χ3v) is 1.81. The number of terminal acetylenes is 1. The summed E-state index contributed by atoms with van der Waals surface area (Å²) >= 11 is 1.55. The van der Waals surface area contributed by atoms with Crippen LogP contribution in [0.25, 0.3) is 0 Å². The van der Waals surface area contributed by atoms with E-state index in [2.05, 4.69) is 16.2 Å². The Balaban J connectivity index is 2.76. The summed E-state index contributed by atoms with van der Waals surface area (Å²) in [5.41, 5.74) is 2.70. The highest BCUT2D eigenvalue weighted by Gasteiger charge is 2.05. The largest absolute Gasteiger partial charge is 0.302 e. The third-order valence-electron chi connectivity index (χ3n) is 1.20. The molecule has 0 aliphatic carbocycles. The first-order valence-corrected chi connectivity index (χ1v) is 3.84. The summed E-state index contributed by atoms with van der Waals surface area (Å²) in [5.74, 6) is 2.59. The van der Waals surface area contributed by atoms with E-state index < -0.39 is 0 Å². The number of nitrogens with one attached hydrogen (secondary N) is 1. The van der Waals surface area contributed by atoms with Gasteiger partial charge in [0, 0.05) is 5.38 Å². The molecule has 0 radical (unpaired) electrons. The van der Waals surface area contributed by atoms with Crippen LogP contribution < -0.4 is 5.32 Å². The second-order valence-electron chi connectivity index (χ2n) is 1.80. The van der Waals surface area contributed by atoms with Crippen LogP contribution in [0.4, 0.5) is 0 Å². The van der Waals surface area contributed by atoms with Crippen LogP contribution in [0.1, 0.15) is 11.7 Å². The summed E-state index contributed by atoms with van der Waals surface area (Å²) in [5, 5.41) is 4.91. The molecule has 1 N–H and O–H groups in total. The molecule has 0 saturated heterocycles. The van der Waals surface area contributed by atoms with E-state index >= 15 is 0 Å². The van der Waals surface area contributed by atoms with E-state index in [0.717, 1.165) is 5.69 Å². The van der Waals surface area contributed by atoms with Gasteiger partial charge < -0.3 is 5.32 Å². The maximum absolute atomic E-state index is 5.23. The first-order valence-electron chi connectivity index (χ1n) is 2.90. The van der Waals surface area contributed by atoms with Crippen LogP contribution in [0, 0.1) is 12.3 Å². The zero-order chi connectivity index (χ0) is 7.40. The number of aromatic nitrogens is 1. The fraction of sp³-hybridized carbons (Fsp3) is 0.286. The van der Waals surface area contributed by atoms with Crippen LogP contribution in [-0.4, -0.2) is 12.0 Å². The standard InChI is InChI=1S/C7H8N2S/c1-3-6(8-2)7-4-10-5-9-7/h1,4-6,8H,2H3. The van der Waals surface area contributed by atoms with Crippen molar-refractivity contribution in [1.82, 2.24) is 10.3 Å². The van der Waals surface area contributed by atoms with E-state index in [1.165, 1.54) is 0 Å². The van der Waals surface area contributed by atoms with Gasteiger partial charge in [0.05, 0.1) is 11.2 Å². The molecule has 1 aromatic heterocycles. The van der Waals surface area contributed by atoms with Gasteiger partial charge in [0.25, 0.3) is 0 Å². The fourth-order valence-electron chi connectivity index (χ4n) is 0.681. The van der Waals surface area contributed by atoms with Gasteiger partial charge in [-0.25, -0.2) is 4.98 Å². The lowest BCUT2D eigenvalue weighted by molar-refractivity contribution is 0.718. The molecule has 3 heteroatoms. The SMILES string of the molecule is C#CC(NC)c1cscn1. The molecule has 0 saturated carbocycles. The van der Waals surface area contributed by atoms with Crippen LogP contribution in [0.5, 0.6) is 0 Å². The van der Waals surface area contributed by atoms with E-state index in [9.17, 15) is 0 Å². The molecule has 0 bridgehead atoms. The van der Waals surface area contributed by atoms with Crippen molar-refractivity contribution < 1.29 is 0 Å². The van der Waals surface area contributed by atoms with E-state index in [1.807, 2.05) is 12.4 Å². The number of hydrogen-bond acceptors (Lipinski definition) is 3. The van der Waals surface area contributed by atoms with Gasteiger partial charge in [0.1, 0.15) is 6.04 Å². The molecule has 0 aliphatic heterocycles. The summed E-state index contributed by atoms with van der Waals surface area (Å²) < 4.78 is 0. The Morgan fingerprint density at radius 3 is 3.10 bits per heavy atom. The van der Waals surface area contributed by atoms with E-state index in [0.29, 0.717) is 0 Å². The monoisotopic (exact) mass is 152 g/mol. The molecule has 0 amide bonds. The first kappa shape index (κ1) is 7.26. The van der Waals surface area contributed by atoms with Crippen molar-refractivity contribution in [3.05, 3.63) is 16.6 Å². The molecule has 1 aromatic rings. The number of thiazole rings is 1. The lowest BCUT2D eigenvalue weighted by Crippen LogP contribution is -2.14. The predicted molar refractivity (Wildman–Crippen MR) is 42.7 cm³/mol. The third kappa shape index (κ3) is 1.35. The minimum absolute atomic E-state index is 0.0359. The predicted octanol–water partition coefficient (Wildman–Crippen LogP) is 1.04. The van der Waals surface area contributed by atoms with Gasteiger partial charge in [-0.3, -0.25) is 0 Å². The zero-order valence-corrected chi connectivity index (χ0v) is 6.48. The Morgan fingerprint density at radius 1 is 1.90 bits per heavy atom. The molecule has 10 heavy (non-hydrogen) atoms. The van der Waals surface area contributed by atoms with Crippen molar-refractivity contribution in [1.29, 1.82) is 0 Å². The summed E-state index contributed by atoms with van der Waals surface area (Å²) in [4.78, 5) is 4.07. The molecule has 1 atom stereocenters. The van der Waals surface area contributed by atoms with Crippen LogP contribution in [-0.2, 0) is 0 Å². The maximum atomic E-state index is 5.23. The molecule has 1 rings (SSSR count). The Bertz CT molecular complexity index is 222. The summed E-state index contributed by atoms with van der Waals surface area (Å²) in [6.07, 6.45) is 5.23. The maximum Gasteiger partial charge on any atom is 0.112 e. The minimum atomic E-state index is -0.0359. The molecule has 0 spiro atoms. The molecular formula is C7H8N2S. The smallest absolute Gasteiger partial charge is 0.112 e. The van der Waals surface area contributed by atoms with Crippen molar-refractivity contribution in [2.75, 3.05) is 7.05 Å². The number of hydrogen-bond donors (Lipinski definition) is 1. The highest BCUT2D eigenvalue weighted by molar-refractivity contribution is 7.07. The van der Waals surface area contributed by atoms with Crippen LogP contribution in [0.2, 0.25) is 0 Å². The van der Waals surface area contributed by atoms with Crippen molar-refractivity contribution in [2.24, 2.45) is 0 Å². The van der Waals surface area contributed by atoms with Crippen LogP contribution in [0.15, 0.2) is 10.9 Å². The lowest BCUT2D eigenvalue weighted by atomic mass is 10.2. The number of rotatable bonds is 2. The Hall–Kier alpha value is -0.850. The highest BCUT2D eigenvalue weighted by Crippen LogP contribution is 2.10. The minimum Gasteiger partial charge on any atom is -0.302 e. The first-order chi connectivity index (χ1) is 4.88. The lowest BCUT2D eigenvalue weighted by Gasteiger charge is -2.03. The molecule has 1 unspecified atom stereocenters. The zero-order valence-electron chi connectivity index (χ0n) is 5.66.